The van der Waals surface area contributed by atoms with Crippen LogP contribution in [0.1, 0.15) is 30.0 Å². The Morgan fingerprint density at radius 1 is 0.754 bits per heavy atom. The Morgan fingerprint density at radius 2 is 1.38 bits per heavy atom. The zero-order chi connectivity index (χ0) is 46.0. The summed E-state index contributed by atoms with van der Waals surface area (Å²) in [5.41, 5.74) is 1.42. The first-order chi connectivity index (χ1) is 31.4. The van der Waals surface area contributed by atoms with E-state index in [1.165, 1.54) is 23.4 Å². The van der Waals surface area contributed by atoms with Crippen LogP contribution in [0.25, 0.3) is 11.4 Å². The molecule has 1 N–H and O–H groups in total. The van der Waals surface area contributed by atoms with E-state index in [0.717, 1.165) is 16.3 Å². The summed E-state index contributed by atoms with van der Waals surface area (Å²) in [7, 11) is 1.84. The van der Waals surface area contributed by atoms with Crippen molar-refractivity contribution in [1.82, 2.24) is 14.0 Å². The molecule has 65 heavy (non-hydrogen) atoms. The van der Waals surface area contributed by atoms with E-state index in [1.807, 2.05) is 85.8 Å². The molecule has 2 aliphatic heterocycles. The van der Waals surface area contributed by atoms with Gasteiger partial charge in [-0.1, -0.05) is 79.8 Å². The first kappa shape index (κ1) is 44.8. The van der Waals surface area contributed by atoms with Crippen molar-refractivity contribution < 1.29 is 33.6 Å². The Balaban J connectivity index is 1.27. The molecule has 4 aromatic carbocycles. The molecular formula is C51H54N4O9Si. The van der Waals surface area contributed by atoms with Gasteiger partial charge in [0.1, 0.15) is 5.75 Å². The molecular weight excluding hydrogens is 841 g/mol. The smallest absolute Gasteiger partial charge is 0.297 e. The third-order valence-corrected chi connectivity index (χ3v) is 17.6. The van der Waals surface area contributed by atoms with Crippen molar-refractivity contribution in [3.63, 3.8) is 0 Å². The topological polar surface area (TPSA) is 142 Å². The molecule has 0 saturated carbocycles. The van der Waals surface area contributed by atoms with E-state index < -0.39 is 25.7 Å². The highest BCUT2D eigenvalue weighted by Gasteiger charge is 2.66. The number of nitrogens with zero attached hydrogens (tertiary/aromatic N) is 4. The molecule has 2 amide bonds. The van der Waals surface area contributed by atoms with Gasteiger partial charge >= 0.3 is 0 Å². The van der Waals surface area contributed by atoms with Crippen LogP contribution in [0.15, 0.2) is 143 Å². The van der Waals surface area contributed by atoms with Crippen LogP contribution in [0.2, 0.25) is 18.6 Å². The fourth-order valence-corrected chi connectivity index (χ4v) is 14.0. The minimum Gasteiger partial charge on any atom is -0.497 e. The van der Waals surface area contributed by atoms with E-state index in [0.29, 0.717) is 34.9 Å². The normalized spacial score (nSPS) is 19.0. The molecule has 0 bridgehead atoms. The standard InChI is InChI=1S/C51H54N4O9Si/c1-34-47(65(5,6)40-22-20-39(61-2)21-23-40)45(31-46(57)52(27-28-56)32-35-13-8-7-9-14-35)64-51(34)41-30-38(54-26-12-18-44(63-4)49(54)59)19-24-42(41)55(50(51)60)33-36-15-10-16-37(29-36)53-25-11-17-43(62-3)48(53)58/h7-26,29-30,34,45,47,56H,27-28,31-33H2,1-6H3/t34-,45+,47-,51+/m0/s1. The molecule has 4 atom stereocenters. The quantitative estimate of drug-likeness (QED) is 0.120. The molecule has 0 aliphatic carbocycles. The molecule has 4 heterocycles. The molecule has 0 unspecified atom stereocenters. The second-order valence-electron chi connectivity index (χ2n) is 17.2. The highest BCUT2D eigenvalue weighted by atomic mass is 28.3. The number of pyridine rings is 2. The maximum atomic E-state index is 15.8. The lowest BCUT2D eigenvalue weighted by atomic mass is 9.82. The number of ether oxygens (including phenoxy) is 4. The number of aliphatic hydroxyl groups excluding tert-OH is 1. The maximum Gasteiger partial charge on any atom is 0.297 e. The third kappa shape index (κ3) is 8.17. The number of amides is 2. The average molecular weight is 895 g/mol. The summed E-state index contributed by atoms with van der Waals surface area (Å²) in [6.45, 7) is 6.88. The Hall–Kier alpha value is -6.74. The zero-order valence-electron chi connectivity index (χ0n) is 37.5. The Labute approximate surface area is 379 Å². The van der Waals surface area contributed by atoms with E-state index in [1.54, 1.807) is 59.6 Å². The van der Waals surface area contributed by atoms with Gasteiger partial charge in [0.15, 0.2) is 17.1 Å². The van der Waals surface area contributed by atoms with Gasteiger partial charge in [-0.25, -0.2) is 0 Å². The van der Waals surface area contributed by atoms with Gasteiger partial charge in [-0.3, -0.25) is 28.3 Å². The summed E-state index contributed by atoms with van der Waals surface area (Å²) in [6, 6.07) is 37.3. The molecule has 2 aliphatic rings. The van der Waals surface area contributed by atoms with Gasteiger partial charge in [0.25, 0.3) is 17.0 Å². The highest BCUT2D eigenvalue weighted by molar-refractivity contribution is 6.91. The van der Waals surface area contributed by atoms with Gasteiger partial charge in [-0.2, -0.15) is 0 Å². The van der Waals surface area contributed by atoms with Crippen molar-refractivity contribution in [2.24, 2.45) is 5.92 Å². The number of rotatable bonds is 15. The Bertz CT molecular complexity index is 2830. The van der Waals surface area contributed by atoms with E-state index in [2.05, 4.69) is 25.2 Å². The van der Waals surface area contributed by atoms with Crippen LogP contribution in [-0.4, -0.2) is 79.6 Å². The lowest BCUT2D eigenvalue weighted by Crippen LogP contribution is -2.52. The minimum absolute atomic E-state index is 0.0366. The molecule has 6 aromatic rings. The average Bonchev–Trinajstić information content (AvgIpc) is 3.74. The number of hydrogen-bond donors (Lipinski definition) is 1. The van der Waals surface area contributed by atoms with Crippen LogP contribution in [0.3, 0.4) is 0 Å². The third-order valence-electron chi connectivity index (χ3n) is 13.2. The minimum atomic E-state index is -2.69. The second-order valence-corrected chi connectivity index (χ2v) is 21.8. The summed E-state index contributed by atoms with van der Waals surface area (Å²) in [4.78, 5) is 60.8. The van der Waals surface area contributed by atoms with E-state index in [-0.39, 0.29) is 66.1 Å². The van der Waals surface area contributed by atoms with Gasteiger partial charge < -0.3 is 33.9 Å². The summed E-state index contributed by atoms with van der Waals surface area (Å²) in [5.74, 6) is 0.106. The van der Waals surface area contributed by atoms with Crippen molar-refractivity contribution in [3.05, 3.63) is 171 Å². The SMILES string of the molecule is COc1ccc([Si](C)(C)[C@@H]2[C@@H](CC(=O)N(CCO)Cc3ccccc3)O[C@]3(C(=O)N(Cc4cccc(-n5cccc(OC)c5=O)c4)c4ccc(-n5cccc(OC)c5=O)cc43)[C@H]2C)cc1. The van der Waals surface area contributed by atoms with E-state index in [4.69, 9.17) is 18.9 Å². The van der Waals surface area contributed by atoms with Crippen LogP contribution in [0, 0.1) is 5.92 Å². The maximum absolute atomic E-state index is 15.8. The Kier molecular flexibility index (Phi) is 12.7. The van der Waals surface area contributed by atoms with Gasteiger partial charge in [0.05, 0.1) is 60.8 Å². The molecule has 336 valence electrons. The molecule has 0 radical (unpaired) electrons. The number of hydrogen-bond acceptors (Lipinski definition) is 9. The first-order valence-electron chi connectivity index (χ1n) is 21.7. The molecule has 8 rings (SSSR count). The molecule has 1 fully saturated rings. The van der Waals surface area contributed by atoms with Crippen LogP contribution in [0.5, 0.6) is 17.2 Å². The van der Waals surface area contributed by atoms with Crippen LogP contribution < -0.4 is 35.4 Å². The van der Waals surface area contributed by atoms with Crippen LogP contribution in [-0.2, 0) is 33.0 Å². The van der Waals surface area contributed by atoms with E-state index in [9.17, 15) is 19.5 Å². The largest absolute Gasteiger partial charge is 0.497 e. The predicted molar refractivity (Wildman–Crippen MR) is 252 cm³/mol. The number of carbonyl (C=O) groups is 2. The van der Waals surface area contributed by atoms with Crippen molar-refractivity contribution in [3.8, 4) is 28.6 Å². The van der Waals surface area contributed by atoms with Gasteiger partial charge in [0.2, 0.25) is 5.91 Å². The molecule has 14 heteroatoms. The lowest BCUT2D eigenvalue weighted by molar-refractivity contribution is -0.150. The van der Waals surface area contributed by atoms with Crippen molar-refractivity contribution in [1.29, 1.82) is 0 Å². The van der Waals surface area contributed by atoms with Crippen molar-refractivity contribution in [2.45, 2.75) is 56.8 Å². The molecule has 2 aromatic heterocycles. The summed E-state index contributed by atoms with van der Waals surface area (Å²) in [6.07, 6.45) is 2.57. The highest BCUT2D eigenvalue weighted by Crippen LogP contribution is 2.60. The van der Waals surface area contributed by atoms with E-state index >= 15 is 4.79 Å². The summed E-state index contributed by atoms with van der Waals surface area (Å²) < 4.78 is 26.6. The number of aliphatic hydroxyl groups is 1. The van der Waals surface area contributed by atoms with Gasteiger partial charge in [-0.05, 0) is 83.4 Å². The second kappa shape index (κ2) is 18.4. The fourth-order valence-electron chi connectivity index (χ4n) is 9.98. The van der Waals surface area contributed by atoms with Crippen molar-refractivity contribution in [2.75, 3.05) is 39.4 Å². The first-order valence-corrected chi connectivity index (χ1v) is 24.8. The lowest BCUT2D eigenvalue weighted by Gasteiger charge is -2.37. The Morgan fingerprint density at radius 3 is 2.00 bits per heavy atom. The van der Waals surface area contributed by atoms with Crippen LogP contribution >= 0.6 is 0 Å². The fraction of sp³-hybridized carbons (Fsp3) is 0.294. The number of aromatic nitrogens is 2. The number of fused-ring (bicyclic) bond motifs is 2. The summed E-state index contributed by atoms with van der Waals surface area (Å²) >= 11 is 0. The van der Waals surface area contributed by atoms with Gasteiger partial charge in [0, 0.05) is 48.3 Å². The molecule has 13 nitrogen and oxygen atoms in total. The molecule has 1 spiro atoms. The number of methoxy groups -OCH3 is 3. The van der Waals surface area contributed by atoms with Gasteiger partial charge in [-0.15, -0.1) is 0 Å². The number of carbonyl (C=O) groups excluding carboxylic acids is 2. The molecule has 1 saturated heterocycles. The summed E-state index contributed by atoms with van der Waals surface area (Å²) in [5, 5.41) is 11.3. The van der Waals surface area contributed by atoms with Crippen molar-refractivity contribution >= 4 is 30.8 Å². The predicted octanol–water partition coefficient (Wildman–Crippen LogP) is 6.19. The number of benzene rings is 4. The number of anilines is 1. The zero-order valence-corrected chi connectivity index (χ0v) is 38.5. The monoisotopic (exact) mass is 894 g/mol. The van der Waals surface area contributed by atoms with Crippen LogP contribution in [0.4, 0.5) is 5.69 Å².